The van der Waals surface area contributed by atoms with Crippen LogP contribution in [0.1, 0.15) is 43.4 Å². The lowest BCUT2D eigenvalue weighted by Crippen LogP contribution is -2.32. The van der Waals surface area contributed by atoms with Gasteiger partial charge in [-0.25, -0.2) is 4.98 Å². The number of hydrogen-bond donors (Lipinski definition) is 2. The van der Waals surface area contributed by atoms with Crippen molar-refractivity contribution in [3.05, 3.63) is 47.5 Å². The van der Waals surface area contributed by atoms with E-state index >= 15 is 0 Å². The number of nitrogens with one attached hydrogen (secondary N) is 2. The minimum absolute atomic E-state index is 0.0567. The predicted octanol–water partition coefficient (Wildman–Crippen LogP) is 2.07. The van der Waals surface area contributed by atoms with Crippen molar-refractivity contribution in [3.8, 4) is 0 Å². The molecule has 128 valence electrons. The van der Waals surface area contributed by atoms with Crippen molar-refractivity contribution >= 4 is 5.91 Å². The molecular weight excluding hydrogens is 302 g/mol. The van der Waals surface area contributed by atoms with Crippen molar-refractivity contribution in [2.24, 2.45) is 5.92 Å². The molecule has 0 aliphatic carbocycles. The van der Waals surface area contributed by atoms with Gasteiger partial charge < -0.3 is 5.32 Å². The van der Waals surface area contributed by atoms with E-state index in [9.17, 15) is 4.79 Å². The van der Waals surface area contributed by atoms with Gasteiger partial charge >= 0.3 is 0 Å². The van der Waals surface area contributed by atoms with E-state index in [0.29, 0.717) is 12.4 Å². The van der Waals surface area contributed by atoms with E-state index in [1.165, 1.54) is 5.56 Å². The first kappa shape index (κ1) is 16.6. The van der Waals surface area contributed by atoms with Crippen molar-refractivity contribution in [2.45, 2.75) is 39.3 Å². The second-order valence-electron chi connectivity index (χ2n) is 6.72. The highest BCUT2D eigenvalue weighted by atomic mass is 16.1. The number of nitrogens with zero attached hydrogens (tertiary/aromatic N) is 3. The number of aromatic amines is 1. The molecule has 1 saturated heterocycles. The van der Waals surface area contributed by atoms with Crippen LogP contribution in [0.25, 0.3) is 0 Å². The normalized spacial score (nSPS) is 18.2. The van der Waals surface area contributed by atoms with Crippen LogP contribution in [0.2, 0.25) is 0 Å². The van der Waals surface area contributed by atoms with Crippen LogP contribution in [-0.4, -0.2) is 39.1 Å². The molecule has 6 heteroatoms. The molecule has 0 spiro atoms. The van der Waals surface area contributed by atoms with Crippen LogP contribution >= 0.6 is 0 Å². The molecule has 1 aromatic heterocycles. The zero-order chi connectivity index (χ0) is 16.9. The van der Waals surface area contributed by atoms with E-state index in [1.807, 2.05) is 19.9 Å². The number of hydrogen-bond acceptors (Lipinski definition) is 4. The number of rotatable bonds is 6. The minimum atomic E-state index is 0.0567. The van der Waals surface area contributed by atoms with Crippen molar-refractivity contribution in [2.75, 3.05) is 13.1 Å². The van der Waals surface area contributed by atoms with E-state index in [1.54, 1.807) is 0 Å². The van der Waals surface area contributed by atoms with Crippen molar-refractivity contribution in [1.29, 1.82) is 0 Å². The van der Waals surface area contributed by atoms with Gasteiger partial charge in [-0.05, 0) is 18.5 Å². The van der Waals surface area contributed by atoms with Gasteiger partial charge in [0.05, 0.1) is 12.5 Å². The fourth-order valence-electron chi connectivity index (χ4n) is 2.99. The summed E-state index contributed by atoms with van der Waals surface area (Å²) in [6, 6.07) is 10.4. The van der Waals surface area contributed by atoms with Gasteiger partial charge in [-0.1, -0.05) is 44.2 Å². The first-order chi connectivity index (χ1) is 11.6. The van der Waals surface area contributed by atoms with Gasteiger partial charge in [-0.3, -0.25) is 14.8 Å². The number of likely N-dealkylation sites (tertiary alicyclic amines) is 1. The summed E-state index contributed by atoms with van der Waals surface area (Å²) in [4.78, 5) is 19.1. The topological polar surface area (TPSA) is 73.9 Å². The largest absolute Gasteiger partial charge is 0.349 e. The Morgan fingerprint density at radius 1 is 1.38 bits per heavy atom. The molecule has 0 radical (unpaired) electrons. The number of benzene rings is 1. The average molecular weight is 327 g/mol. The first-order valence-electron chi connectivity index (χ1n) is 8.57. The highest BCUT2D eigenvalue weighted by Gasteiger charge is 2.28. The number of carbonyl (C=O) groups is 1. The van der Waals surface area contributed by atoms with Crippen LogP contribution < -0.4 is 5.32 Å². The third-order valence-electron chi connectivity index (χ3n) is 4.39. The van der Waals surface area contributed by atoms with E-state index in [2.05, 4.69) is 49.7 Å². The van der Waals surface area contributed by atoms with Gasteiger partial charge in [0.15, 0.2) is 5.82 Å². The van der Waals surface area contributed by atoms with Gasteiger partial charge in [-0.2, -0.15) is 5.10 Å². The smallest absolute Gasteiger partial charge is 0.224 e. The number of amides is 1. The Kier molecular flexibility index (Phi) is 5.25. The zero-order valence-corrected chi connectivity index (χ0v) is 14.3. The molecule has 1 aromatic carbocycles. The molecular formula is C18H25N5O. The Balaban J connectivity index is 1.46. The Labute approximate surface area is 142 Å². The second-order valence-corrected chi connectivity index (χ2v) is 6.72. The third-order valence-corrected chi connectivity index (χ3v) is 4.39. The van der Waals surface area contributed by atoms with Crippen LogP contribution in [-0.2, 0) is 17.9 Å². The minimum Gasteiger partial charge on any atom is -0.349 e. The Hall–Kier alpha value is -2.21. The summed E-state index contributed by atoms with van der Waals surface area (Å²) in [5.41, 5.74) is 1.29. The lowest BCUT2D eigenvalue weighted by atomic mass is 10.1. The molecule has 1 atom stereocenters. The predicted molar refractivity (Wildman–Crippen MR) is 92.1 cm³/mol. The molecule has 1 aliphatic rings. The SMILES string of the molecule is CC(C)c1n[nH]c(CNC(=O)C2CCN(Cc3ccccc3)C2)n1. The van der Waals surface area contributed by atoms with Gasteiger partial charge in [0.2, 0.25) is 5.91 Å². The van der Waals surface area contributed by atoms with E-state index in [4.69, 9.17) is 0 Å². The molecule has 1 fully saturated rings. The highest BCUT2D eigenvalue weighted by molar-refractivity contribution is 5.79. The van der Waals surface area contributed by atoms with Crippen molar-refractivity contribution in [1.82, 2.24) is 25.4 Å². The summed E-state index contributed by atoms with van der Waals surface area (Å²) >= 11 is 0. The fourth-order valence-corrected chi connectivity index (χ4v) is 2.99. The second kappa shape index (κ2) is 7.57. The summed E-state index contributed by atoms with van der Waals surface area (Å²) in [6.07, 6.45) is 0.909. The maximum Gasteiger partial charge on any atom is 0.224 e. The zero-order valence-electron chi connectivity index (χ0n) is 14.3. The summed E-state index contributed by atoms with van der Waals surface area (Å²) < 4.78 is 0. The van der Waals surface area contributed by atoms with Crippen LogP contribution in [0, 0.1) is 5.92 Å². The third kappa shape index (κ3) is 4.20. The molecule has 0 saturated carbocycles. The summed E-state index contributed by atoms with van der Waals surface area (Å²) in [6.45, 7) is 7.19. The molecule has 2 N–H and O–H groups in total. The number of aromatic nitrogens is 3. The van der Waals surface area contributed by atoms with E-state index in [0.717, 1.165) is 31.9 Å². The molecule has 1 unspecified atom stereocenters. The maximum absolute atomic E-state index is 12.4. The summed E-state index contributed by atoms with van der Waals surface area (Å²) in [5.74, 6) is 1.95. The first-order valence-corrected chi connectivity index (χ1v) is 8.57. The number of carbonyl (C=O) groups excluding carboxylic acids is 1. The van der Waals surface area contributed by atoms with Gasteiger partial charge in [-0.15, -0.1) is 0 Å². The molecule has 1 amide bonds. The summed E-state index contributed by atoms with van der Waals surface area (Å²) in [7, 11) is 0. The van der Waals surface area contributed by atoms with Crippen LogP contribution in [0.15, 0.2) is 30.3 Å². The maximum atomic E-state index is 12.4. The van der Waals surface area contributed by atoms with Crippen LogP contribution in [0.4, 0.5) is 0 Å². The molecule has 0 bridgehead atoms. The molecule has 24 heavy (non-hydrogen) atoms. The lowest BCUT2D eigenvalue weighted by molar-refractivity contribution is -0.124. The lowest BCUT2D eigenvalue weighted by Gasteiger charge is -2.15. The Morgan fingerprint density at radius 3 is 2.88 bits per heavy atom. The van der Waals surface area contributed by atoms with Gasteiger partial charge in [0, 0.05) is 19.0 Å². The highest BCUT2D eigenvalue weighted by Crippen LogP contribution is 2.19. The molecule has 1 aliphatic heterocycles. The van der Waals surface area contributed by atoms with Gasteiger partial charge in [0.25, 0.3) is 0 Å². The van der Waals surface area contributed by atoms with E-state index in [-0.39, 0.29) is 17.7 Å². The van der Waals surface area contributed by atoms with Crippen molar-refractivity contribution in [3.63, 3.8) is 0 Å². The molecule has 3 rings (SSSR count). The fraction of sp³-hybridized carbons (Fsp3) is 0.500. The van der Waals surface area contributed by atoms with Crippen LogP contribution in [0.5, 0.6) is 0 Å². The van der Waals surface area contributed by atoms with E-state index < -0.39 is 0 Å². The molecule has 6 nitrogen and oxygen atoms in total. The van der Waals surface area contributed by atoms with Crippen LogP contribution in [0.3, 0.4) is 0 Å². The monoisotopic (exact) mass is 327 g/mol. The molecule has 2 heterocycles. The van der Waals surface area contributed by atoms with Gasteiger partial charge in [0.1, 0.15) is 5.82 Å². The standard InChI is InChI=1S/C18H25N5O/c1-13(2)17-20-16(21-22-17)10-19-18(24)15-8-9-23(12-15)11-14-6-4-3-5-7-14/h3-7,13,15H,8-12H2,1-2H3,(H,19,24)(H,20,21,22). The number of H-pyrrole nitrogens is 1. The summed E-state index contributed by atoms with van der Waals surface area (Å²) in [5, 5.41) is 10.0. The Bertz CT molecular complexity index is 667. The Morgan fingerprint density at radius 2 is 2.17 bits per heavy atom. The quantitative estimate of drug-likeness (QED) is 0.852. The van der Waals surface area contributed by atoms with Crippen molar-refractivity contribution < 1.29 is 4.79 Å². The average Bonchev–Trinajstić information content (AvgIpc) is 3.23. The molecule has 2 aromatic rings.